The highest BCUT2D eigenvalue weighted by Gasteiger charge is 2.17. The molecule has 1 aromatic carbocycles. The van der Waals surface area contributed by atoms with Crippen LogP contribution in [0.3, 0.4) is 0 Å². The predicted molar refractivity (Wildman–Crippen MR) is 84.9 cm³/mol. The molecule has 2 atom stereocenters. The topological polar surface area (TPSA) is 32.3 Å². The lowest BCUT2D eigenvalue weighted by Crippen LogP contribution is -2.33. The molecule has 0 fully saturated rings. The Morgan fingerprint density at radius 2 is 1.95 bits per heavy atom. The molecule has 0 aliphatic rings. The van der Waals surface area contributed by atoms with E-state index in [2.05, 4.69) is 22.3 Å². The number of amides is 1. The first-order chi connectivity index (χ1) is 8.97. The number of anilines is 1. The number of benzene rings is 1. The highest BCUT2D eigenvalue weighted by Crippen LogP contribution is 2.24. The molecule has 1 aromatic rings. The van der Waals surface area contributed by atoms with Gasteiger partial charge in [-0.2, -0.15) is 11.8 Å². The Morgan fingerprint density at radius 3 is 2.53 bits per heavy atom. The molecule has 0 aliphatic heterocycles. The van der Waals surface area contributed by atoms with Crippen LogP contribution in [0.15, 0.2) is 24.3 Å². The van der Waals surface area contributed by atoms with Gasteiger partial charge in [0.25, 0.3) is 0 Å². The average molecular weight is 280 g/mol. The molecule has 1 amide bonds. The molecule has 19 heavy (non-hydrogen) atoms. The van der Waals surface area contributed by atoms with Crippen molar-refractivity contribution in [1.29, 1.82) is 0 Å². The summed E-state index contributed by atoms with van der Waals surface area (Å²) in [6.45, 7) is 4.00. The van der Waals surface area contributed by atoms with Gasteiger partial charge < -0.3 is 10.2 Å². The monoisotopic (exact) mass is 280 g/mol. The number of nitrogens with one attached hydrogen (secondary N) is 1. The van der Waals surface area contributed by atoms with Crippen LogP contribution in [0, 0.1) is 5.92 Å². The second-order valence-corrected chi connectivity index (χ2v) is 5.95. The standard InChI is InChI=1S/C15H24N2OS/c1-11(10-19-5)15(18)16-12(2)13-8-6-7-9-14(13)17(3)4/h6-9,11-12H,10H2,1-5H3,(H,16,18). The van der Waals surface area contributed by atoms with Gasteiger partial charge in [0.05, 0.1) is 6.04 Å². The fourth-order valence-corrected chi connectivity index (χ4v) is 2.67. The van der Waals surface area contributed by atoms with Crippen LogP contribution in [0.4, 0.5) is 5.69 Å². The van der Waals surface area contributed by atoms with Gasteiger partial charge in [0.1, 0.15) is 0 Å². The fourth-order valence-electron chi connectivity index (χ4n) is 2.02. The Hall–Kier alpha value is -1.16. The van der Waals surface area contributed by atoms with Crippen LogP contribution in [0.2, 0.25) is 0 Å². The zero-order valence-electron chi connectivity index (χ0n) is 12.4. The number of hydrogen-bond donors (Lipinski definition) is 1. The largest absolute Gasteiger partial charge is 0.377 e. The maximum Gasteiger partial charge on any atom is 0.224 e. The smallest absolute Gasteiger partial charge is 0.224 e. The third kappa shape index (κ3) is 4.46. The minimum atomic E-state index is 0.0235. The van der Waals surface area contributed by atoms with E-state index in [0.717, 1.165) is 17.0 Å². The van der Waals surface area contributed by atoms with E-state index < -0.39 is 0 Å². The molecule has 3 nitrogen and oxygen atoms in total. The van der Waals surface area contributed by atoms with Crippen molar-refractivity contribution in [2.45, 2.75) is 19.9 Å². The van der Waals surface area contributed by atoms with Gasteiger partial charge >= 0.3 is 0 Å². The summed E-state index contributed by atoms with van der Waals surface area (Å²) < 4.78 is 0. The van der Waals surface area contributed by atoms with Gasteiger partial charge in [-0.15, -0.1) is 0 Å². The number of carbonyl (C=O) groups excluding carboxylic acids is 1. The first kappa shape index (κ1) is 15.9. The Morgan fingerprint density at radius 1 is 1.32 bits per heavy atom. The van der Waals surface area contributed by atoms with E-state index >= 15 is 0 Å². The average Bonchev–Trinajstić information content (AvgIpc) is 2.38. The second kappa shape index (κ2) is 7.43. The summed E-state index contributed by atoms with van der Waals surface area (Å²) in [7, 11) is 4.04. The molecule has 2 unspecified atom stereocenters. The molecular weight excluding hydrogens is 256 g/mol. The van der Waals surface area contributed by atoms with Crippen molar-refractivity contribution >= 4 is 23.4 Å². The zero-order chi connectivity index (χ0) is 14.4. The summed E-state index contributed by atoms with van der Waals surface area (Å²) in [5, 5.41) is 3.10. The zero-order valence-corrected chi connectivity index (χ0v) is 13.3. The van der Waals surface area contributed by atoms with E-state index in [1.165, 1.54) is 0 Å². The van der Waals surface area contributed by atoms with Gasteiger partial charge in [0.15, 0.2) is 0 Å². The fraction of sp³-hybridized carbons (Fsp3) is 0.533. The summed E-state index contributed by atoms with van der Waals surface area (Å²) in [6, 6.07) is 8.19. The first-order valence-corrected chi connectivity index (χ1v) is 7.92. The molecule has 1 N–H and O–H groups in total. The van der Waals surface area contributed by atoms with Crippen molar-refractivity contribution in [1.82, 2.24) is 5.32 Å². The molecule has 0 saturated carbocycles. The summed E-state index contributed by atoms with van der Waals surface area (Å²) in [6.07, 6.45) is 2.02. The van der Waals surface area contributed by atoms with Gasteiger partial charge in [0.2, 0.25) is 5.91 Å². The Bertz CT molecular complexity index is 420. The predicted octanol–water partition coefficient (Wildman–Crippen LogP) is 2.93. The first-order valence-electron chi connectivity index (χ1n) is 6.53. The van der Waals surface area contributed by atoms with Gasteiger partial charge in [-0.1, -0.05) is 25.1 Å². The highest BCUT2D eigenvalue weighted by molar-refractivity contribution is 7.98. The Labute approximate surface area is 120 Å². The van der Waals surface area contributed by atoms with Crippen molar-refractivity contribution in [3.8, 4) is 0 Å². The summed E-state index contributed by atoms with van der Waals surface area (Å²) in [4.78, 5) is 14.1. The van der Waals surface area contributed by atoms with Crippen LogP contribution >= 0.6 is 11.8 Å². The summed E-state index contributed by atoms with van der Waals surface area (Å²) in [5.41, 5.74) is 2.30. The van der Waals surface area contributed by atoms with E-state index in [-0.39, 0.29) is 17.9 Å². The molecule has 0 spiro atoms. The van der Waals surface area contributed by atoms with Crippen molar-refractivity contribution < 1.29 is 4.79 Å². The lowest BCUT2D eigenvalue weighted by Gasteiger charge is -2.23. The normalized spacial score (nSPS) is 13.7. The van der Waals surface area contributed by atoms with Crippen LogP contribution in [-0.2, 0) is 4.79 Å². The van der Waals surface area contributed by atoms with Crippen molar-refractivity contribution in [3.63, 3.8) is 0 Å². The number of carbonyl (C=O) groups is 1. The number of hydrogen-bond acceptors (Lipinski definition) is 3. The molecule has 0 bridgehead atoms. The molecular formula is C15H24N2OS. The third-order valence-corrected chi connectivity index (χ3v) is 3.94. The maximum absolute atomic E-state index is 12.1. The van der Waals surface area contributed by atoms with Gasteiger partial charge in [-0.3, -0.25) is 4.79 Å². The van der Waals surface area contributed by atoms with Crippen molar-refractivity contribution in [2.75, 3.05) is 31.0 Å². The van der Waals surface area contributed by atoms with Gasteiger partial charge in [0, 0.05) is 31.5 Å². The molecule has 0 aliphatic carbocycles. The summed E-state index contributed by atoms with van der Waals surface area (Å²) >= 11 is 1.70. The molecule has 0 heterocycles. The van der Waals surface area contributed by atoms with E-state index in [0.29, 0.717) is 0 Å². The molecule has 0 saturated heterocycles. The van der Waals surface area contributed by atoms with E-state index in [1.54, 1.807) is 11.8 Å². The van der Waals surface area contributed by atoms with Crippen LogP contribution in [0.25, 0.3) is 0 Å². The van der Waals surface area contributed by atoms with Crippen LogP contribution in [0.5, 0.6) is 0 Å². The van der Waals surface area contributed by atoms with Gasteiger partial charge in [-0.25, -0.2) is 0 Å². The molecule has 4 heteroatoms. The van der Waals surface area contributed by atoms with E-state index in [1.807, 2.05) is 46.3 Å². The van der Waals surface area contributed by atoms with Crippen LogP contribution in [0.1, 0.15) is 25.5 Å². The Balaban J connectivity index is 2.78. The SMILES string of the molecule is CSCC(C)C(=O)NC(C)c1ccccc1N(C)C. The highest BCUT2D eigenvalue weighted by atomic mass is 32.2. The lowest BCUT2D eigenvalue weighted by molar-refractivity contribution is -0.124. The number of thioether (sulfide) groups is 1. The quantitative estimate of drug-likeness (QED) is 0.869. The number of rotatable bonds is 6. The lowest BCUT2D eigenvalue weighted by atomic mass is 10.0. The van der Waals surface area contributed by atoms with E-state index in [9.17, 15) is 4.79 Å². The maximum atomic E-state index is 12.1. The minimum Gasteiger partial charge on any atom is -0.377 e. The van der Waals surface area contributed by atoms with Crippen molar-refractivity contribution in [2.24, 2.45) is 5.92 Å². The molecule has 0 radical (unpaired) electrons. The van der Waals surface area contributed by atoms with E-state index in [4.69, 9.17) is 0 Å². The Kier molecular flexibility index (Phi) is 6.22. The van der Waals surface area contributed by atoms with Crippen molar-refractivity contribution in [3.05, 3.63) is 29.8 Å². The number of para-hydroxylation sites is 1. The van der Waals surface area contributed by atoms with Gasteiger partial charge in [-0.05, 0) is 24.8 Å². The second-order valence-electron chi connectivity index (χ2n) is 5.04. The molecule has 1 rings (SSSR count). The number of nitrogens with zero attached hydrogens (tertiary/aromatic N) is 1. The van der Waals surface area contributed by atoms with Crippen LogP contribution in [-0.4, -0.2) is 32.0 Å². The third-order valence-electron chi connectivity index (χ3n) is 3.11. The minimum absolute atomic E-state index is 0.0235. The van der Waals surface area contributed by atoms with Crippen LogP contribution < -0.4 is 10.2 Å². The molecule has 0 aromatic heterocycles. The molecule has 106 valence electrons. The summed E-state index contributed by atoms with van der Waals surface area (Å²) in [5.74, 6) is 1.02.